The van der Waals surface area contributed by atoms with Crippen molar-refractivity contribution in [2.45, 2.75) is 84.7 Å². The molecule has 1 saturated heterocycles. The minimum absolute atomic E-state index is 0.0119. The molecule has 9 heteroatoms. The van der Waals surface area contributed by atoms with E-state index in [0.29, 0.717) is 0 Å². The van der Waals surface area contributed by atoms with E-state index in [1.54, 1.807) is 13.2 Å². The molecule has 0 aromatic carbocycles. The summed E-state index contributed by atoms with van der Waals surface area (Å²) < 4.78 is 17.4. The molecule has 1 aliphatic heterocycles. The normalized spacial score (nSPS) is 22.1. The van der Waals surface area contributed by atoms with Crippen LogP contribution in [-0.4, -0.2) is 64.2 Å². The van der Waals surface area contributed by atoms with Crippen LogP contribution in [-0.2, 0) is 18.7 Å². The fourth-order valence-electron chi connectivity index (χ4n) is 3.66. The summed E-state index contributed by atoms with van der Waals surface area (Å²) in [7, 11) is 0.668. The summed E-state index contributed by atoms with van der Waals surface area (Å²) in [5.41, 5.74) is 1.03. The molecule has 1 aliphatic rings. The number of hydrogen-bond acceptors (Lipinski definition) is 6. The zero-order valence-corrected chi connectivity index (χ0v) is 23.1. The molecule has 6 atom stereocenters. The Morgan fingerprint density at radius 3 is 2.33 bits per heavy atom. The fourth-order valence-corrected chi connectivity index (χ4v) is 5.04. The average Bonchev–Trinajstić information content (AvgIpc) is 3.11. The van der Waals surface area contributed by atoms with Crippen molar-refractivity contribution in [3.8, 4) is 0 Å². The number of nitrogens with one attached hydrogen (secondary N) is 1. The van der Waals surface area contributed by atoms with Crippen molar-refractivity contribution in [3.63, 3.8) is 0 Å². The topological polar surface area (TPSA) is 88.9 Å². The number of rotatable bonds is 11. The third-order valence-corrected chi connectivity index (χ3v) is 11.8. The van der Waals surface area contributed by atoms with Gasteiger partial charge in [0.2, 0.25) is 0 Å². The molecule has 1 rings (SSSR count). The van der Waals surface area contributed by atoms with Crippen LogP contribution >= 0.6 is 0 Å². The van der Waals surface area contributed by atoms with Crippen molar-refractivity contribution >= 4 is 27.4 Å². The Kier molecular flexibility index (Phi) is 10.5. The molecule has 0 aromatic rings. The van der Waals surface area contributed by atoms with Gasteiger partial charge < -0.3 is 0 Å². The molecule has 33 heavy (non-hydrogen) atoms. The van der Waals surface area contributed by atoms with Gasteiger partial charge in [-0.25, -0.2) is 0 Å². The van der Waals surface area contributed by atoms with Crippen molar-refractivity contribution in [3.05, 3.63) is 24.3 Å². The zero-order valence-electron chi connectivity index (χ0n) is 22.1. The van der Waals surface area contributed by atoms with Gasteiger partial charge in [-0.1, -0.05) is 20.8 Å². The molecule has 1 fully saturated rings. The Bertz CT molecular complexity index is 764. The predicted octanol–water partition coefficient (Wildman–Crippen LogP) is 5.20. The number of carbonyl (C=O) groups is 2. The number of ether oxygens (including phenoxy) is 2. The quantitative estimate of drug-likeness (QED) is 0.326. The van der Waals surface area contributed by atoms with Gasteiger partial charge in [-0.3, -0.25) is 0 Å². The van der Waals surface area contributed by atoms with Crippen LogP contribution in [0.1, 0.15) is 48.5 Å². The molecule has 0 radical (unpaired) electrons. The van der Waals surface area contributed by atoms with Gasteiger partial charge in [-0.15, -0.1) is 0 Å². The Hall–Kier alpha value is -1.58. The third kappa shape index (κ3) is 6.96. The number of hydrogen-bond donors (Lipinski definition) is 1. The summed E-state index contributed by atoms with van der Waals surface area (Å²) in [6.45, 7) is 22.9. The molecule has 0 spiro atoms. The van der Waals surface area contributed by atoms with Gasteiger partial charge in [-0.2, -0.15) is 0 Å². The molecular formula is C24H43BN2O5Si. The van der Waals surface area contributed by atoms with E-state index in [2.05, 4.69) is 53.4 Å². The Morgan fingerprint density at radius 2 is 1.88 bits per heavy atom. The number of nitrogens with zero attached hydrogens (tertiary/aromatic N) is 1. The fraction of sp³-hybridized carbons (Fsp3) is 0.750. The first-order chi connectivity index (χ1) is 15.1. The standard InChI is InChI=1S/C24H43BN2O5Si/c1-12-19(30-9)21(32-33(10,11)24(6,7)8)16(3)13-15(2)17(4)18(5)22(28)27-20(25-26)14-31-23(27)29/h12-13,16-21,26H,1,14H2,2-11H3/b15-13-/t16-,17+,18+,19+,20+,21+/m1/s1. The zero-order chi connectivity index (χ0) is 25.7. The molecule has 1 heterocycles. The molecule has 0 unspecified atom stereocenters. The number of methoxy groups -OCH3 is 1. The molecule has 7 nitrogen and oxygen atoms in total. The second-order valence-electron chi connectivity index (χ2n) is 10.6. The van der Waals surface area contributed by atoms with E-state index in [0.717, 1.165) is 17.5 Å². The summed E-state index contributed by atoms with van der Waals surface area (Å²) in [5.74, 6) is -1.51. The third-order valence-electron chi connectivity index (χ3n) is 7.30. The Balaban J connectivity index is 3.13. The van der Waals surface area contributed by atoms with Crippen LogP contribution in [0.4, 0.5) is 4.79 Å². The van der Waals surface area contributed by atoms with E-state index in [1.165, 1.54) is 0 Å². The first-order valence-electron chi connectivity index (χ1n) is 11.6. The summed E-state index contributed by atoms with van der Waals surface area (Å²) in [6.07, 6.45) is 2.76. The first-order valence-corrected chi connectivity index (χ1v) is 14.6. The van der Waals surface area contributed by atoms with Crippen LogP contribution < -0.4 is 0 Å². The first kappa shape index (κ1) is 29.5. The molecular weight excluding hydrogens is 435 g/mol. The van der Waals surface area contributed by atoms with Gasteiger partial charge >= 0.3 is 181 Å². The molecule has 0 saturated carbocycles. The van der Waals surface area contributed by atoms with Gasteiger partial charge in [0, 0.05) is 0 Å². The maximum atomic E-state index is 13.0. The summed E-state index contributed by atoms with van der Waals surface area (Å²) in [5, 5.41) is 7.53. The van der Waals surface area contributed by atoms with Gasteiger partial charge in [0.05, 0.1) is 0 Å². The summed E-state index contributed by atoms with van der Waals surface area (Å²) in [6, 6.07) is 0. The van der Waals surface area contributed by atoms with Crippen molar-refractivity contribution < 1.29 is 23.5 Å². The average molecular weight is 479 g/mol. The van der Waals surface area contributed by atoms with Crippen LogP contribution in [0.15, 0.2) is 24.3 Å². The second-order valence-corrected chi connectivity index (χ2v) is 15.4. The monoisotopic (exact) mass is 478 g/mol. The summed E-state index contributed by atoms with van der Waals surface area (Å²) >= 11 is 0. The second kappa shape index (κ2) is 11.7. The number of cyclic esters (lactones) is 1. The Morgan fingerprint density at radius 1 is 1.30 bits per heavy atom. The van der Waals surface area contributed by atoms with Crippen molar-refractivity contribution in [1.82, 2.24) is 4.90 Å². The van der Waals surface area contributed by atoms with E-state index in [-0.39, 0.29) is 41.6 Å². The summed E-state index contributed by atoms with van der Waals surface area (Å²) in [4.78, 5) is 26.1. The predicted molar refractivity (Wildman–Crippen MR) is 135 cm³/mol. The number of carbonyl (C=O) groups excluding carboxylic acids is 2. The molecule has 0 aromatic heterocycles. The molecule has 1 N–H and O–H groups in total. The van der Waals surface area contributed by atoms with E-state index < -0.39 is 26.3 Å². The molecule has 0 bridgehead atoms. The van der Waals surface area contributed by atoms with E-state index in [9.17, 15) is 9.59 Å². The van der Waals surface area contributed by atoms with Gasteiger partial charge in [-0.05, 0) is 0 Å². The SMILES string of the molecule is C=C[C@H](OC)[C@@H](O[Si](C)(C)C(C)(C)C)[C@H](C)/C=C(/C)[C@H](C)[C@H](C)C(=O)N1C(=O)OC[C@H]1B=N. The van der Waals surface area contributed by atoms with Crippen molar-refractivity contribution in [2.24, 2.45) is 17.8 Å². The molecule has 0 aliphatic carbocycles. The van der Waals surface area contributed by atoms with E-state index in [4.69, 9.17) is 19.2 Å². The molecule has 2 amide bonds. The van der Waals surface area contributed by atoms with E-state index >= 15 is 0 Å². The van der Waals surface area contributed by atoms with Gasteiger partial charge in [0.1, 0.15) is 0 Å². The van der Waals surface area contributed by atoms with E-state index in [1.807, 2.05) is 20.8 Å². The number of amides is 2. The van der Waals surface area contributed by atoms with Crippen LogP contribution in [0.5, 0.6) is 0 Å². The van der Waals surface area contributed by atoms with Crippen LogP contribution in [0.25, 0.3) is 0 Å². The van der Waals surface area contributed by atoms with Gasteiger partial charge in [0.15, 0.2) is 0 Å². The van der Waals surface area contributed by atoms with Crippen LogP contribution in [0, 0.1) is 23.1 Å². The Labute approximate surface area is 201 Å². The molecule has 186 valence electrons. The van der Waals surface area contributed by atoms with Crippen molar-refractivity contribution in [1.29, 1.82) is 5.31 Å². The van der Waals surface area contributed by atoms with Crippen LogP contribution in [0.3, 0.4) is 0 Å². The number of imide groups is 1. The van der Waals surface area contributed by atoms with Crippen molar-refractivity contribution in [2.75, 3.05) is 13.7 Å². The minimum atomic E-state index is -2.07. The maximum absolute atomic E-state index is 13.0. The number of allylic oxidation sites excluding steroid dienone is 1. The van der Waals surface area contributed by atoms with Gasteiger partial charge in [0.25, 0.3) is 0 Å². The van der Waals surface area contributed by atoms with Crippen LogP contribution in [0.2, 0.25) is 18.1 Å².